The Bertz CT molecular complexity index is 888. The van der Waals surface area contributed by atoms with E-state index in [2.05, 4.69) is 16.2 Å². The van der Waals surface area contributed by atoms with Gasteiger partial charge in [0.1, 0.15) is 5.75 Å². The molecule has 31 heavy (non-hydrogen) atoms. The summed E-state index contributed by atoms with van der Waals surface area (Å²) in [6, 6.07) is 16.7. The molecule has 3 N–H and O–H groups in total. The molecule has 0 aliphatic rings. The number of esters is 1. The van der Waals surface area contributed by atoms with Crippen molar-refractivity contribution in [2.75, 3.05) is 13.7 Å². The first kappa shape index (κ1) is 23.8. The summed E-state index contributed by atoms with van der Waals surface area (Å²) in [4.78, 5) is 35.6. The Balaban J connectivity index is 1.57. The molecule has 9 heteroatoms. The van der Waals surface area contributed by atoms with Gasteiger partial charge < -0.3 is 14.8 Å². The normalized spacial score (nSPS) is 9.97. The number of benzene rings is 2. The molecule has 0 bridgehead atoms. The minimum absolute atomic E-state index is 0.0624. The highest BCUT2D eigenvalue weighted by atomic mass is 32.1. The highest BCUT2D eigenvalue weighted by Crippen LogP contribution is 2.11. The fraction of sp³-hybridized carbons (Fsp3) is 0.273. The summed E-state index contributed by atoms with van der Waals surface area (Å²) >= 11 is 4.96. The second kappa shape index (κ2) is 13.0. The van der Waals surface area contributed by atoms with Crippen molar-refractivity contribution in [1.82, 2.24) is 16.2 Å². The molecule has 0 atom stereocenters. The van der Waals surface area contributed by atoms with Crippen LogP contribution in [0.4, 0.5) is 0 Å². The quantitative estimate of drug-likeness (QED) is 0.308. The number of carbonyl (C=O) groups excluding carboxylic acids is 3. The van der Waals surface area contributed by atoms with E-state index < -0.39 is 11.9 Å². The van der Waals surface area contributed by atoms with Crippen molar-refractivity contribution in [2.45, 2.75) is 25.7 Å². The summed E-state index contributed by atoms with van der Waals surface area (Å²) in [7, 11) is 1.57. The Kier molecular flexibility index (Phi) is 9.96. The molecular formula is C22H25N3O5S. The number of rotatable bonds is 9. The number of thiocarbonyl (C=S) groups is 1. The van der Waals surface area contributed by atoms with E-state index in [1.54, 1.807) is 31.4 Å². The van der Waals surface area contributed by atoms with Gasteiger partial charge in [0.2, 0.25) is 11.8 Å². The minimum atomic E-state index is -0.460. The van der Waals surface area contributed by atoms with Gasteiger partial charge in [0.15, 0.2) is 5.11 Å². The maximum absolute atomic E-state index is 11.9. The van der Waals surface area contributed by atoms with Gasteiger partial charge in [-0.3, -0.25) is 25.2 Å². The predicted octanol–water partition coefficient (Wildman–Crippen LogP) is 1.83. The van der Waals surface area contributed by atoms with Crippen LogP contribution in [0.5, 0.6) is 5.75 Å². The van der Waals surface area contributed by atoms with E-state index in [-0.39, 0.29) is 36.9 Å². The van der Waals surface area contributed by atoms with Crippen LogP contribution in [0.25, 0.3) is 0 Å². The Morgan fingerprint density at radius 3 is 2.26 bits per heavy atom. The first-order valence-electron chi connectivity index (χ1n) is 9.67. The Morgan fingerprint density at radius 1 is 0.871 bits per heavy atom. The molecule has 0 aromatic heterocycles. The van der Waals surface area contributed by atoms with Crippen LogP contribution in [-0.2, 0) is 32.0 Å². The molecule has 0 spiro atoms. The molecule has 0 fully saturated rings. The first-order chi connectivity index (χ1) is 15.0. The van der Waals surface area contributed by atoms with Crippen LogP contribution in [0, 0.1) is 0 Å². The third kappa shape index (κ3) is 9.72. The third-order valence-electron chi connectivity index (χ3n) is 4.14. The number of amides is 2. The van der Waals surface area contributed by atoms with Crippen molar-refractivity contribution in [3.05, 3.63) is 65.7 Å². The molecule has 0 radical (unpaired) electrons. The summed E-state index contributed by atoms with van der Waals surface area (Å²) in [5.41, 5.74) is 6.72. The fourth-order valence-electron chi connectivity index (χ4n) is 2.53. The van der Waals surface area contributed by atoms with Gasteiger partial charge in [0, 0.05) is 12.8 Å². The molecule has 2 aromatic rings. The first-order valence-corrected chi connectivity index (χ1v) is 10.1. The lowest BCUT2D eigenvalue weighted by Gasteiger charge is -2.11. The lowest BCUT2D eigenvalue weighted by molar-refractivity contribution is -0.144. The zero-order chi connectivity index (χ0) is 22.5. The second-order valence-corrected chi connectivity index (χ2v) is 6.94. The van der Waals surface area contributed by atoms with Gasteiger partial charge in [0.25, 0.3) is 0 Å². The van der Waals surface area contributed by atoms with Gasteiger partial charge in [-0.2, -0.15) is 0 Å². The van der Waals surface area contributed by atoms with E-state index in [1.807, 2.05) is 30.3 Å². The van der Waals surface area contributed by atoms with Gasteiger partial charge in [-0.25, -0.2) is 0 Å². The van der Waals surface area contributed by atoms with Crippen LogP contribution in [0.1, 0.15) is 24.0 Å². The smallest absolute Gasteiger partial charge is 0.306 e. The van der Waals surface area contributed by atoms with Crippen LogP contribution < -0.4 is 20.9 Å². The Morgan fingerprint density at radius 2 is 1.58 bits per heavy atom. The average molecular weight is 444 g/mol. The van der Waals surface area contributed by atoms with Gasteiger partial charge in [-0.15, -0.1) is 0 Å². The molecule has 0 saturated carbocycles. The molecule has 0 unspecified atom stereocenters. The lowest BCUT2D eigenvalue weighted by Crippen LogP contribution is -2.48. The SMILES string of the molecule is COc1ccc(CC(=O)NNC(=S)NC(=O)CCC(=O)OCCc2ccccc2)cc1. The number of hydrogen-bond donors (Lipinski definition) is 3. The topological polar surface area (TPSA) is 106 Å². The fourth-order valence-corrected chi connectivity index (χ4v) is 2.70. The number of hydrazine groups is 1. The standard InChI is InChI=1S/C22H25N3O5S/c1-29-18-9-7-17(8-10-18)15-20(27)24-25-22(31)23-19(26)11-12-21(28)30-14-13-16-5-3-2-4-6-16/h2-10H,11-15H2,1H3,(H,24,27)(H2,23,25,26,31). The van der Waals surface area contributed by atoms with Crippen LogP contribution >= 0.6 is 12.2 Å². The maximum Gasteiger partial charge on any atom is 0.306 e. The van der Waals surface area contributed by atoms with Gasteiger partial charge in [-0.05, 0) is 35.5 Å². The van der Waals surface area contributed by atoms with E-state index in [4.69, 9.17) is 21.7 Å². The summed E-state index contributed by atoms with van der Waals surface area (Å²) < 4.78 is 10.2. The van der Waals surface area contributed by atoms with Crippen molar-refractivity contribution >= 4 is 35.1 Å². The van der Waals surface area contributed by atoms with Crippen LogP contribution in [0.15, 0.2) is 54.6 Å². The third-order valence-corrected chi connectivity index (χ3v) is 4.35. The van der Waals surface area contributed by atoms with Gasteiger partial charge in [-0.1, -0.05) is 42.5 Å². The van der Waals surface area contributed by atoms with E-state index >= 15 is 0 Å². The van der Waals surface area contributed by atoms with E-state index in [9.17, 15) is 14.4 Å². The number of hydrogen-bond acceptors (Lipinski definition) is 6. The van der Waals surface area contributed by atoms with E-state index in [0.29, 0.717) is 12.2 Å². The second-order valence-electron chi connectivity index (χ2n) is 6.53. The summed E-state index contributed by atoms with van der Waals surface area (Å²) in [6.45, 7) is 0.255. The molecule has 0 saturated heterocycles. The monoisotopic (exact) mass is 443 g/mol. The molecule has 0 aliphatic heterocycles. The summed E-state index contributed by atoms with van der Waals surface area (Å²) in [6.07, 6.45) is 0.601. The van der Waals surface area contributed by atoms with Crippen molar-refractivity contribution < 1.29 is 23.9 Å². The molecular weight excluding hydrogens is 418 g/mol. The largest absolute Gasteiger partial charge is 0.497 e. The van der Waals surface area contributed by atoms with Crippen LogP contribution in [-0.4, -0.2) is 36.6 Å². The predicted molar refractivity (Wildman–Crippen MR) is 119 cm³/mol. The summed E-state index contributed by atoms with van der Waals surface area (Å²) in [5, 5.41) is 2.33. The highest BCUT2D eigenvalue weighted by Gasteiger charge is 2.10. The number of ether oxygens (including phenoxy) is 2. The number of nitrogens with one attached hydrogen (secondary N) is 3. The molecule has 2 aromatic carbocycles. The Labute approximate surface area is 186 Å². The molecule has 0 heterocycles. The molecule has 8 nitrogen and oxygen atoms in total. The zero-order valence-electron chi connectivity index (χ0n) is 17.2. The maximum atomic E-state index is 11.9. The van der Waals surface area contributed by atoms with E-state index in [0.717, 1.165) is 11.1 Å². The number of carbonyl (C=O) groups is 3. The zero-order valence-corrected chi connectivity index (χ0v) is 18.0. The molecule has 164 valence electrons. The van der Waals surface area contributed by atoms with Gasteiger partial charge in [0.05, 0.1) is 26.6 Å². The lowest BCUT2D eigenvalue weighted by atomic mass is 10.1. The van der Waals surface area contributed by atoms with Crippen molar-refractivity contribution in [3.8, 4) is 5.75 Å². The average Bonchev–Trinajstić information content (AvgIpc) is 2.77. The van der Waals surface area contributed by atoms with E-state index in [1.165, 1.54) is 0 Å². The molecule has 0 aliphatic carbocycles. The molecule has 2 amide bonds. The van der Waals surface area contributed by atoms with Crippen molar-refractivity contribution in [1.29, 1.82) is 0 Å². The van der Waals surface area contributed by atoms with Crippen molar-refractivity contribution in [3.63, 3.8) is 0 Å². The summed E-state index contributed by atoms with van der Waals surface area (Å²) in [5.74, 6) is -0.547. The van der Waals surface area contributed by atoms with Crippen molar-refractivity contribution in [2.24, 2.45) is 0 Å². The van der Waals surface area contributed by atoms with Gasteiger partial charge >= 0.3 is 5.97 Å². The number of methoxy groups -OCH3 is 1. The molecule has 2 rings (SSSR count). The minimum Gasteiger partial charge on any atom is -0.497 e. The van der Waals surface area contributed by atoms with Crippen LogP contribution in [0.2, 0.25) is 0 Å². The highest BCUT2D eigenvalue weighted by molar-refractivity contribution is 7.80. The van der Waals surface area contributed by atoms with Crippen LogP contribution in [0.3, 0.4) is 0 Å². The Hall–Kier alpha value is -3.46.